The lowest BCUT2D eigenvalue weighted by atomic mass is 9.72. The van der Waals surface area contributed by atoms with Crippen LogP contribution >= 0.6 is 0 Å². The molecule has 1 aromatic rings. The van der Waals surface area contributed by atoms with Crippen molar-refractivity contribution in [3.63, 3.8) is 0 Å². The van der Waals surface area contributed by atoms with Crippen LogP contribution in [0.1, 0.15) is 76.2 Å². The largest absolute Gasteiger partial charge is 0.573 e. The highest BCUT2D eigenvalue weighted by molar-refractivity contribution is 5.29. The normalized spacial score (nSPS) is 31.4. The van der Waals surface area contributed by atoms with Gasteiger partial charge in [-0.25, -0.2) is 0 Å². The fourth-order valence-corrected chi connectivity index (χ4v) is 4.85. The molecule has 3 rings (SSSR count). The zero-order chi connectivity index (χ0) is 17.9. The van der Waals surface area contributed by atoms with Crippen molar-refractivity contribution in [3.05, 3.63) is 29.8 Å². The van der Waals surface area contributed by atoms with Gasteiger partial charge in [0.15, 0.2) is 0 Å². The number of halogens is 3. The first-order chi connectivity index (χ1) is 11.9. The zero-order valence-corrected chi connectivity index (χ0v) is 15.0. The van der Waals surface area contributed by atoms with E-state index in [9.17, 15) is 13.2 Å². The van der Waals surface area contributed by atoms with Gasteiger partial charge in [-0.05, 0) is 73.5 Å². The van der Waals surface area contributed by atoms with E-state index >= 15 is 0 Å². The van der Waals surface area contributed by atoms with Crippen molar-refractivity contribution in [2.75, 3.05) is 0 Å². The molecule has 2 saturated carbocycles. The Kier molecular flexibility index (Phi) is 5.96. The lowest BCUT2D eigenvalue weighted by molar-refractivity contribution is -0.274. The molecule has 0 aliphatic heterocycles. The summed E-state index contributed by atoms with van der Waals surface area (Å²) in [6.45, 7) is 2.38. The molecule has 0 spiro atoms. The molecule has 0 saturated heterocycles. The summed E-state index contributed by atoms with van der Waals surface area (Å²) in [5, 5.41) is 0. The van der Waals surface area contributed by atoms with Crippen molar-refractivity contribution in [1.29, 1.82) is 0 Å². The van der Waals surface area contributed by atoms with Crippen molar-refractivity contribution < 1.29 is 17.9 Å². The third-order valence-corrected chi connectivity index (χ3v) is 6.33. The van der Waals surface area contributed by atoms with Gasteiger partial charge in [0.2, 0.25) is 0 Å². The van der Waals surface area contributed by atoms with E-state index in [1.165, 1.54) is 57.1 Å². The summed E-state index contributed by atoms with van der Waals surface area (Å²) in [7, 11) is 0. The quantitative estimate of drug-likeness (QED) is 0.527. The van der Waals surface area contributed by atoms with Crippen LogP contribution in [0.4, 0.5) is 13.2 Å². The van der Waals surface area contributed by atoms with E-state index in [0.717, 1.165) is 36.2 Å². The molecule has 0 amide bonds. The summed E-state index contributed by atoms with van der Waals surface area (Å²) < 4.78 is 40.7. The number of alkyl halides is 3. The van der Waals surface area contributed by atoms with Crippen LogP contribution in [0.15, 0.2) is 24.3 Å². The molecule has 0 radical (unpaired) electrons. The minimum Gasteiger partial charge on any atom is -0.406 e. The Morgan fingerprint density at radius 3 is 2.04 bits per heavy atom. The molecular formula is C21H29F3O. The summed E-state index contributed by atoms with van der Waals surface area (Å²) in [5.74, 6) is 3.00. The van der Waals surface area contributed by atoms with E-state index in [2.05, 4.69) is 11.7 Å². The number of rotatable bonds is 3. The minimum atomic E-state index is -4.62. The Balaban J connectivity index is 1.52. The van der Waals surface area contributed by atoms with Crippen LogP contribution in [0.25, 0.3) is 0 Å². The fraction of sp³-hybridized carbons (Fsp3) is 0.714. The van der Waals surface area contributed by atoms with Crippen LogP contribution < -0.4 is 4.74 Å². The maximum absolute atomic E-state index is 12.2. The summed E-state index contributed by atoms with van der Waals surface area (Å²) in [6.07, 6.45) is 7.18. The molecule has 2 fully saturated rings. The van der Waals surface area contributed by atoms with Gasteiger partial charge in [0, 0.05) is 0 Å². The first kappa shape index (κ1) is 18.6. The maximum Gasteiger partial charge on any atom is 0.573 e. The summed E-state index contributed by atoms with van der Waals surface area (Å²) in [4.78, 5) is 0. The highest BCUT2D eigenvalue weighted by atomic mass is 19.4. The van der Waals surface area contributed by atoms with Crippen molar-refractivity contribution in [3.8, 4) is 5.75 Å². The monoisotopic (exact) mass is 354 g/mol. The molecule has 2 aliphatic carbocycles. The van der Waals surface area contributed by atoms with Crippen LogP contribution in [0.2, 0.25) is 0 Å². The molecule has 0 heterocycles. The molecule has 4 heteroatoms. The van der Waals surface area contributed by atoms with E-state index in [1.807, 2.05) is 0 Å². The molecule has 0 bridgehead atoms. The smallest absolute Gasteiger partial charge is 0.406 e. The van der Waals surface area contributed by atoms with Gasteiger partial charge in [-0.2, -0.15) is 0 Å². The predicted octanol–water partition coefficient (Wildman–Crippen LogP) is 7.08. The highest BCUT2D eigenvalue weighted by Gasteiger charge is 2.32. The molecule has 140 valence electrons. The van der Waals surface area contributed by atoms with Gasteiger partial charge in [-0.3, -0.25) is 0 Å². The van der Waals surface area contributed by atoms with Crippen molar-refractivity contribution in [1.82, 2.24) is 0 Å². The van der Waals surface area contributed by atoms with E-state index < -0.39 is 6.36 Å². The van der Waals surface area contributed by atoms with Crippen LogP contribution in [0.3, 0.4) is 0 Å². The van der Waals surface area contributed by atoms with E-state index in [1.54, 1.807) is 12.1 Å². The topological polar surface area (TPSA) is 9.23 Å². The Bertz CT molecular complexity index is 529. The number of hydrogen-bond donors (Lipinski definition) is 0. The second-order valence-corrected chi connectivity index (χ2v) is 8.10. The molecule has 0 aromatic heterocycles. The number of benzene rings is 1. The first-order valence-electron chi connectivity index (χ1n) is 9.76. The van der Waals surface area contributed by atoms with Gasteiger partial charge < -0.3 is 4.74 Å². The minimum absolute atomic E-state index is 0.127. The molecule has 2 unspecified atom stereocenters. The van der Waals surface area contributed by atoms with Gasteiger partial charge in [0.1, 0.15) is 5.75 Å². The SMILES string of the molecule is CC1CCCC(C2CCC(c3ccc(OC(F)(F)F)cc3)CC2)CC1. The molecule has 1 nitrogen and oxygen atoms in total. The molecule has 2 atom stereocenters. The van der Waals surface area contributed by atoms with Gasteiger partial charge in [-0.1, -0.05) is 44.7 Å². The molecular weight excluding hydrogens is 325 g/mol. The summed E-state index contributed by atoms with van der Waals surface area (Å²) >= 11 is 0. The highest BCUT2D eigenvalue weighted by Crippen LogP contribution is 2.43. The molecule has 0 N–H and O–H groups in total. The Morgan fingerprint density at radius 2 is 1.40 bits per heavy atom. The van der Waals surface area contributed by atoms with Crippen LogP contribution in [0, 0.1) is 17.8 Å². The summed E-state index contributed by atoms with van der Waals surface area (Å²) in [6, 6.07) is 6.50. The van der Waals surface area contributed by atoms with Crippen molar-refractivity contribution in [2.24, 2.45) is 17.8 Å². The third kappa shape index (κ3) is 5.39. The van der Waals surface area contributed by atoms with Gasteiger partial charge in [-0.15, -0.1) is 13.2 Å². The lowest BCUT2D eigenvalue weighted by Gasteiger charge is -2.34. The van der Waals surface area contributed by atoms with Gasteiger partial charge >= 0.3 is 6.36 Å². The lowest BCUT2D eigenvalue weighted by Crippen LogP contribution is -2.21. The molecule has 1 aromatic carbocycles. The molecule has 2 aliphatic rings. The first-order valence-corrected chi connectivity index (χ1v) is 9.76. The predicted molar refractivity (Wildman–Crippen MR) is 93.6 cm³/mol. The van der Waals surface area contributed by atoms with E-state index in [-0.39, 0.29) is 5.75 Å². The van der Waals surface area contributed by atoms with E-state index in [4.69, 9.17) is 0 Å². The van der Waals surface area contributed by atoms with Crippen LogP contribution in [-0.2, 0) is 0 Å². The van der Waals surface area contributed by atoms with Crippen LogP contribution in [-0.4, -0.2) is 6.36 Å². The van der Waals surface area contributed by atoms with Gasteiger partial charge in [0.25, 0.3) is 0 Å². The van der Waals surface area contributed by atoms with E-state index in [0.29, 0.717) is 5.92 Å². The fourth-order valence-electron chi connectivity index (χ4n) is 4.85. The standard InChI is InChI=1S/C21H29F3O/c1-15-3-2-4-16(6-5-15)17-7-9-18(10-8-17)19-11-13-20(14-12-19)25-21(22,23)24/h11-18H,2-10H2,1H3. The second kappa shape index (κ2) is 8.01. The zero-order valence-electron chi connectivity index (χ0n) is 15.0. The number of ether oxygens (including phenoxy) is 1. The van der Waals surface area contributed by atoms with Gasteiger partial charge in [0.05, 0.1) is 0 Å². The maximum atomic E-state index is 12.2. The Morgan fingerprint density at radius 1 is 0.800 bits per heavy atom. The van der Waals surface area contributed by atoms with Crippen molar-refractivity contribution >= 4 is 0 Å². The third-order valence-electron chi connectivity index (χ3n) is 6.33. The summed E-state index contributed by atoms with van der Waals surface area (Å²) in [5.41, 5.74) is 1.16. The molecule has 25 heavy (non-hydrogen) atoms. The number of hydrogen-bond acceptors (Lipinski definition) is 1. The average Bonchev–Trinajstić information content (AvgIpc) is 2.79. The Labute approximate surface area is 149 Å². The average molecular weight is 354 g/mol. The Hall–Kier alpha value is -1.19. The van der Waals surface area contributed by atoms with Crippen molar-refractivity contribution in [2.45, 2.75) is 77.0 Å². The van der Waals surface area contributed by atoms with Crippen LogP contribution in [0.5, 0.6) is 5.75 Å². The second-order valence-electron chi connectivity index (χ2n) is 8.10.